The van der Waals surface area contributed by atoms with E-state index >= 15 is 0 Å². The molecule has 0 aromatic carbocycles. The van der Waals surface area contributed by atoms with Gasteiger partial charge in [-0.05, 0) is 45.6 Å². The van der Waals surface area contributed by atoms with Crippen LogP contribution in [0.1, 0.15) is 52.9 Å². The van der Waals surface area contributed by atoms with Crippen molar-refractivity contribution >= 4 is 0 Å². The van der Waals surface area contributed by atoms with Gasteiger partial charge in [-0.15, -0.1) is 0 Å². The maximum Gasteiger partial charge on any atom is 0.172 e. The molecule has 0 radical (unpaired) electrons. The lowest BCUT2D eigenvalue weighted by molar-refractivity contribution is -0.155. The summed E-state index contributed by atoms with van der Waals surface area (Å²) < 4.78 is 11.4. The lowest BCUT2D eigenvalue weighted by atomic mass is 10.1. The van der Waals surface area contributed by atoms with Gasteiger partial charge >= 0.3 is 0 Å². The van der Waals surface area contributed by atoms with Crippen molar-refractivity contribution in [2.75, 3.05) is 19.8 Å². The molecule has 0 aromatic rings. The fraction of sp³-hybridized carbons (Fsp3) is 1.00. The van der Waals surface area contributed by atoms with Crippen molar-refractivity contribution in [2.24, 2.45) is 5.92 Å². The van der Waals surface area contributed by atoms with Crippen molar-refractivity contribution in [2.45, 2.75) is 65.2 Å². The molecule has 0 heterocycles. The molecule has 1 N–H and O–H groups in total. The summed E-state index contributed by atoms with van der Waals surface area (Å²) in [5.74, 6) is 0.977. The van der Waals surface area contributed by atoms with Gasteiger partial charge in [0.1, 0.15) is 0 Å². The molecule has 1 fully saturated rings. The minimum absolute atomic E-state index is 0.0738. The smallest absolute Gasteiger partial charge is 0.172 e. The predicted molar refractivity (Wildman–Crippen MR) is 71.1 cm³/mol. The number of ether oxygens (including phenoxy) is 2. The van der Waals surface area contributed by atoms with Crippen LogP contribution >= 0.6 is 0 Å². The van der Waals surface area contributed by atoms with Crippen LogP contribution in [-0.2, 0) is 9.47 Å². The molecule has 17 heavy (non-hydrogen) atoms. The van der Waals surface area contributed by atoms with E-state index in [-0.39, 0.29) is 6.29 Å². The van der Waals surface area contributed by atoms with Crippen molar-refractivity contribution in [3.8, 4) is 0 Å². The van der Waals surface area contributed by atoms with Crippen LogP contribution in [0.2, 0.25) is 0 Å². The van der Waals surface area contributed by atoms with Crippen molar-refractivity contribution in [3.63, 3.8) is 0 Å². The summed E-state index contributed by atoms with van der Waals surface area (Å²) in [5, 5.41) is 3.57. The molecule has 1 rings (SSSR count). The molecule has 1 aliphatic carbocycles. The summed E-state index contributed by atoms with van der Waals surface area (Å²) >= 11 is 0. The van der Waals surface area contributed by atoms with E-state index in [0.29, 0.717) is 6.04 Å². The van der Waals surface area contributed by atoms with Crippen LogP contribution in [0.25, 0.3) is 0 Å². The largest absolute Gasteiger partial charge is 0.351 e. The topological polar surface area (TPSA) is 30.5 Å². The summed E-state index contributed by atoms with van der Waals surface area (Å²) in [6.07, 6.45) is 6.43. The van der Waals surface area contributed by atoms with Crippen LogP contribution in [0.4, 0.5) is 0 Å². The van der Waals surface area contributed by atoms with E-state index in [1.54, 1.807) is 0 Å². The quantitative estimate of drug-likeness (QED) is 0.566. The molecule has 0 amide bonds. The van der Waals surface area contributed by atoms with Gasteiger partial charge in [0.15, 0.2) is 6.29 Å². The highest BCUT2D eigenvalue weighted by atomic mass is 16.7. The molecule has 0 aliphatic heterocycles. The van der Waals surface area contributed by atoms with Crippen LogP contribution in [-0.4, -0.2) is 32.1 Å². The maximum absolute atomic E-state index is 5.71. The Hall–Kier alpha value is -0.120. The molecule has 1 unspecified atom stereocenters. The van der Waals surface area contributed by atoms with Crippen molar-refractivity contribution in [1.29, 1.82) is 0 Å². The Bertz CT molecular complexity index is 177. The van der Waals surface area contributed by atoms with Crippen molar-refractivity contribution < 1.29 is 9.47 Å². The van der Waals surface area contributed by atoms with E-state index in [1.165, 1.54) is 25.7 Å². The zero-order chi connectivity index (χ0) is 12.5. The monoisotopic (exact) mass is 243 g/mol. The number of hydrogen-bond donors (Lipinski definition) is 1. The van der Waals surface area contributed by atoms with Gasteiger partial charge in [0.2, 0.25) is 0 Å². The minimum Gasteiger partial charge on any atom is -0.351 e. The maximum atomic E-state index is 5.71. The number of hydrogen-bond acceptors (Lipinski definition) is 3. The van der Waals surface area contributed by atoms with Crippen molar-refractivity contribution in [1.82, 2.24) is 5.32 Å². The predicted octanol–water partition coefficient (Wildman–Crippen LogP) is 2.94. The Morgan fingerprint density at radius 1 is 1.12 bits per heavy atom. The van der Waals surface area contributed by atoms with Crippen LogP contribution in [0, 0.1) is 5.92 Å². The minimum atomic E-state index is -0.0738. The third-order valence-corrected chi connectivity index (χ3v) is 3.23. The van der Waals surface area contributed by atoms with Gasteiger partial charge in [0.05, 0.1) is 6.04 Å². The molecule has 0 spiro atoms. The first-order valence-electron chi connectivity index (χ1n) is 7.28. The summed E-state index contributed by atoms with van der Waals surface area (Å²) in [4.78, 5) is 0. The summed E-state index contributed by atoms with van der Waals surface area (Å²) in [5.41, 5.74) is 0. The molecule has 102 valence electrons. The molecule has 0 saturated heterocycles. The van der Waals surface area contributed by atoms with E-state index in [9.17, 15) is 0 Å². The third kappa shape index (κ3) is 6.39. The highest BCUT2D eigenvalue weighted by molar-refractivity contribution is 4.78. The van der Waals surface area contributed by atoms with Crippen LogP contribution in [0.15, 0.2) is 0 Å². The lowest BCUT2D eigenvalue weighted by Gasteiger charge is -2.27. The fourth-order valence-corrected chi connectivity index (χ4v) is 2.09. The first kappa shape index (κ1) is 14.9. The standard InChI is InChI=1S/C14H29NO2/c1-4-11-15-13(10-9-12-7-8-12)14(16-5-2)17-6-3/h12-15H,4-11H2,1-3H3. The molecule has 1 saturated carbocycles. The van der Waals surface area contributed by atoms with E-state index in [2.05, 4.69) is 12.2 Å². The highest BCUT2D eigenvalue weighted by Crippen LogP contribution is 2.34. The van der Waals surface area contributed by atoms with E-state index in [0.717, 1.165) is 32.1 Å². The molecular formula is C14H29NO2. The average Bonchev–Trinajstić information content (AvgIpc) is 3.13. The Morgan fingerprint density at radius 2 is 1.76 bits per heavy atom. The van der Waals surface area contributed by atoms with Crippen LogP contribution in [0.3, 0.4) is 0 Å². The Balaban J connectivity index is 2.36. The lowest BCUT2D eigenvalue weighted by Crippen LogP contribution is -2.43. The van der Waals surface area contributed by atoms with Crippen molar-refractivity contribution in [3.05, 3.63) is 0 Å². The molecular weight excluding hydrogens is 214 g/mol. The van der Waals surface area contributed by atoms with E-state index < -0.39 is 0 Å². The van der Waals surface area contributed by atoms with Crippen LogP contribution < -0.4 is 5.32 Å². The third-order valence-electron chi connectivity index (χ3n) is 3.23. The van der Waals surface area contributed by atoms with Gasteiger partial charge < -0.3 is 14.8 Å². The van der Waals surface area contributed by atoms with Gasteiger partial charge in [-0.1, -0.05) is 19.8 Å². The Labute approximate surface area is 106 Å². The summed E-state index contributed by atoms with van der Waals surface area (Å²) in [6, 6.07) is 0.357. The number of rotatable bonds is 11. The van der Waals surface area contributed by atoms with Gasteiger partial charge in [0.25, 0.3) is 0 Å². The summed E-state index contributed by atoms with van der Waals surface area (Å²) in [7, 11) is 0. The zero-order valence-corrected chi connectivity index (χ0v) is 11.7. The molecule has 3 nitrogen and oxygen atoms in total. The van der Waals surface area contributed by atoms with Gasteiger partial charge in [-0.3, -0.25) is 0 Å². The Morgan fingerprint density at radius 3 is 2.24 bits per heavy atom. The fourth-order valence-electron chi connectivity index (χ4n) is 2.09. The molecule has 0 aromatic heterocycles. The number of nitrogens with one attached hydrogen (secondary N) is 1. The zero-order valence-electron chi connectivity index (χ0n) is 11.7. The Kier molecular flexibility index (Phi) is 7.82. The first-order chi connectivity index (χ1) is 8.31. The summed E-state index contributed by atoms with van der Waals surface area (Å²) in [6.45, 7) is 8.75. The van der Waals surface area contributed by atoms with Gasteiger partial charge in [-0.25, -0.2) is 0 Å². The van der Waals surface area contributed by atoms with Gasteiger partial charge in [0, 0.05) is 13.2 Å². The second-order valence-corrected chi connectivity index (χ2v) is 4.86. The van der Waals surface area contributed by atoms with Gasteiger partial charge in [-0.2, -0.15) is 0 Å². The van der Waals surface area contributed by atoms with Crippen LogP contribution in [0.5, 0.6) is 0 Å². The van der Waals surface area contributed by atoms with E-state index in [1.807, 2.05) is 13.8 Å². The molecule has 3 heteroatoms. The first-order valence-corrected chi connectivity index (χ1v) is 7.28. The molecule has 1 atom stereocenters. The normalized spacial score (nSPS) is 17.6. The van der Waals surface area contributed by atoms with E-state index in [4.69, 9.17) is 9.47 Å². The second kappa shape index (κ2) is 8.90. The SMILES string of the molecule is CCCNC(CCC1CC1)C(OCC)OCC. The molecule has 0 bridgehead atoms. The molecule has 1 aliphatic rings. The average molecular weight is 243 g/mol. The highest BCUT2D eigenvalue weighted by Gasteiger charge is 2.26. The second-order valence-electron chi connectivity index (χ2n) is 4.86.